The molecular formula is C21H27N3O4S. The Balaban J connectivity index is 1.86. The van der Waals surface area contributed by atoms with Gasteiger partial charge in [-0.2, -0.15) is 0 Å². The molecule has 1 fully saturated rings. The Kier molecular flexibility index (Phi) is 6.74. The van der Waals surface area contributed by atoms with Crippen molar-refractivity contribution in [3.8, 4) is 22.8 Å². The Labute approximate surface area is 175 Å². The quantitative estimate of drug-likeness (QED) is 0.730. The maximum absolute atomic E-state index is 12.1. The lowest BCUT2D eigenvalue weighted by Crippen LogP contribution is -2.37. The molecular weight excluding hydrogens is 390 g/mol. The van der Waals surface area contributed by atoms with Crippen molar-refractivity contribution in [2.24, 2.45) is 5.92 Å². The molecule has 1 aromatic heterocycles. The average molecular weight is 418 g/mol. The van der Waals surface area contributed by atoms with Gasteiger partial charge in [-0.1, -0.05) is 0 Å². The Morgan fingerprint density at radius 3 is 2.55 bits per heavy atom. The summed E-state index contributed by atoms with van der Waals surface area (Å²) in [5.41, 5.74) is 1.27. The van der Waals surface area contributed by atoms with Gasteiger partial charge < -0.3 is 18.9 Å². The highest BCUT2D eigenvalue weighted by molar-refractivity contribution is 7.71. The molecule has 0 saturated carbocycles. The van der Waals surface area contributed by atoms with Crippen LogP contribution in [0.4, 0.5) is 0 Å². The van der Waals surface area contributed by atoms with Gasteiger partial charge in [0.15, 0.2) is 4.77 Å². The van der Waals surface area contributed by atoms with Crippen LogP contribution < -0.4 is 15.0 Å². The number of ether oxygens (including phenoxy) is 2. The summed E-state index contributed by atoms with van der Waals surface area (Å²) < 4.78 is 13.2. The lowest BCUT2D eigenvalue weighted by Gasteiger charge is -2.31. The molecule has 8 heteroatoms. The van der Waals surface area contributed by atoms with Gasteiger partial charge in [0.2, 0.25) is 5.91 Å². The summed E-state index contributed by atoms with van der Waals surface area (Å²) in [7, 11) is 3.19. The summed E-state index contributed by atoms with van der Waals surface area (Å²) in [6.45, 7) is 3.91. The number of nitrogens with zero attached hydrogens (tertiary/aromatic N) is 2. The van der Waals surface area contributed by atoms with Crippen molar-refractivity contribution in [1.82, 2.24) is 14.5 Å². The SMILES string of the molecule is COc1ccc(-c2cc(=O)[nH]c(=S)n2CCC2CCN(C(C)=O)CC2)c(OC)c1. The van der Waals surface area contributed by atoms with Crippen LogP contribution in [0.25, 0.3) is 11.3 Å². The van der Waals surface area contributed by atoms with Crippen LogP contribution in [-0.4, -0.2) is 47.7 Å². The zero-order valence-corrected chi connectivity index (χ0v) is 17.9. The predicted octanol–water partition coefficient (Wildman–Crippen LogP) is 3.24. The smallest absolute Gasteiger partial charge is 0.252 e. The van der Waals surface area contributed by atoms with Gasteiger partial charge in [-0.3, -0.25) is 14.6 Å². The molecule has 0 aliphatic carbocycles. The number of amides is 1. The fourth-order valence-corrected chi connectivity index (χ4v) is 4.11. The Morgan fingerprint density at radius 2 is 1.93 bits per heavy atom. The van der Waals surface area contributed by atoms with E-state index in [4.69, 9.17) is 21.7 Å². The highest BCUT2D eigenvalue weighted by Crippen LogP contribution is 2.33. The molecule has 0 unspecified atom stereocenters. The number of hydrogen-bond donors (Lipinski definition) is 1. The van der Waals surface area contributed by atoms with Crippen molar-refractivity contribution in [3.05, 3.63) is 39.4 Å². The maximum Gasteiger partial charge on any atom is 0.252 e. The van der Waals surface area contributed by atoms with Gasteiger partial charge in [0, 0.05) is 44.3 Å². The van der Waals surface area contributed by atoms with Crippen molar-refractivity contribution in [2.75, 3.05) is 27.3 Å². The highest BCUT2D eigenvalue weighted by Gasteiger charge is 2.21. The second-order valence-corrected chi connectivity index (χ2v) is 7.67. The zero-order valence-electron chi connectivity index (χ0n) is 17.1. The number of carbonyl (C=O) groups is 1. The molecule has 0 bridgehead atoms. The van der Waals surface area contributed by atoms with Gasteiger partial charge >= 0.3 is 0 Å². The van der Waals surface area contributed by atoms with Crippen LogP contribution in [0.3, 0.4) is 0 Å². The van der Waals surface area contributed by atoms with E-state index in [1.807, 2.05) is 21.6 Å². The zero-order chi connectivity index (χ0) is 21.0. The van der Waals surface area contributed by atoms with E-state index in [9.17, 15) is 9.59 Å². The molecule has 1 N–H and O–H groups in total. The monoisotopic (exact) mass is 417 g/mol. The van der Waals surface area contributed by atoms with Crippen molar-refractivity contribution in [1.29, 1.82) is 0 Å². The first-order chi connectivity index (χ1) is 13.9. The minimum atomic E-state index is -0.242. The molecule has 29 heavy (non-hydrogen) atoms. The summed E-state index contributed by atoms with van der Waals surface area (Å²) in [5, 5.41) is 0. The third kappa shape index (κ3) is 4.87. The molecule has 2 heterocycles. The van der Waals surface area contributed by atoms with Crippen molar-refractivity contribution >= 4 is 18.1 Å². The van der Waals surface area contributed by atoms with Crippen molar-refractivity contribution in [3.63, 3.8) is 0 Å². The summed E-state index contributed by atoms with van der Waals surface area (Å²) in [6, 6.07) is 7.06. The molecule has 1 aliphatic rings. The number of hydrogen-bond acceptors (Lipinski definition) is 5. The van der Waals surface area contributed by atoms with E-state index in [0.717, 1.165) is 43.6 Å². The molecule has 1 amide bonds. The van der Waals surface area contributed by atoms with Crippen molar-refractivity contribution < 1.29 is 14.3 Å². The summed E-state index contributed by atoms with van der Waals surface area (Å²) >= 11 is 5.46. The summed E-state index contributed by atoms with van der Waals surface area (Å²) in [4.78, 5) is 28.3. The van der Waals surface area contributed by atoms with E-state index < -0.39 is 0 Å². The van der Waals surface area contributed by atoms with E-state index in [1.165, 1.54) is 0 Å². The minimum absolute atomic E-state index is 0.139. The van der Waals surface area contributed by atoms with Crippen LogP contribution in [0.15, 0.2) is 29.1 Å². The van der Waals surface area contributed by atoms with Crippen LogP contribution in [0, 0.1) is 10.7 Å². The number of rotatable bonds is 6. The fourth-order valence-electron chi connectivity index (χ4n) is 3.82. The standard InChI is InChI=1S/C21H27N3O4S/c1-14(25)23-9-6-15(7-10-23)8-11-24-18(13-20(26)22-21(24)29)17-5-4-16(27-2)12-19(17)28-3/h4-5,12-13,15H,6-11H2,1-3H3,(H,22,26,29). The van der Waals surface area contributed by atoms with Gasteiger partial charge in [0.25, 0.3) is 5.56 Å². The van der Waals surface area contributed by atoms with E-state index in [-0.39, 0.29) is 11.5 Å². The number of aromatic nitrogens is 2. The van der Waals surface area contributed by atoms with Gasteiger partial charge in [0.1, 0.15) is 11.5 Å². The fraction of sp³-hybridized carbons (Fsp3) is 0.476. The molecule has 0 spiro atoms. The average Bonchev–Trinajstić information content (AvgIpc) is 2.72. The second kappa shape index (κ2) is 9.26. The van der Waals surface area contributed by atoms with Crippen LogP contribution in [0.1, 0.15) is 26.2 Å². The van der Waals surface area contributed by atoms with Gasteiger partial charge in [-0.25, -0.2) is 0 Å². The minimum Gasteiger partial charge on any atom is -0.497 e. The van der Waals surface area contributed by atoms with Crippen LogP contribution in [-0.2, 0) is 11.3 Å². The normalized spacial score (nSPS) is 14.7. The molecule has 1 aromatic carbocycles. The molecule has 156 valence electrons. The number of nitrogens with one attached hydrogen (secondary N) is 1. The lowest BCUT2D eigenvalue weighted by atomic mass is 9.93. The van der Waals surface area contributed by atoms with E-state index >= 15 is 0 Å². The van der Waals surface area contributed by atoms with Crippen molar-refractivity contribution in [2.45, 2.75) is 32.7 Å². The first-order valence-corrected chi connectivity index (χ1v) is 10.2. The number of methoxy groups -OCH3 is 2. The Hall–Kier alpha value is -2.61. The van der Waals surface area contributed by atoms with Gasteiger partial charge in [0.05, 0.1) is 19.9 Å². The molecule has 3 rings (SSSR count). The number of likely N-dealkylation sites (tertiary alicyclic amines) is 1. The third-order valence-electron chi connectivity index (χ3n) is 5.54. The molecule has 1 aliphatic heterocycles. The maximum atomic E-state index is 12.1. The summed E-state index contributed by atoms with van der Waals surface area (Å²) in [5.74, 6) is 1.95. The van der Waals surface area contributed by atoms with Gasteiger partial charge in [-0.05, 0) is 49.5 Å². The predicted molar refractivity (Wildman–Crippen MR) is 114 cm³/mol. The van der Waals surface area contributed by atoms with Crippen LogP contribution in [0.2, 0.25) is 0 Å². The number of carbonyl (C=O) groups excluding carboxylic acids is 1. The topological polar surface area (TPSA) is 76.6 Å². The Morgan fingerprint density at radius 1 is 1.21 bits per heavy atom. The van der Waals surface area contributed by atoms with E-state index in [0.29, 0.717) is 28.7 Å². The first-order valence-electron chi connectivity index (χ1n) is 9.75. The second-order valence-electron chi connectivity index (χ2n) is 7.28. The number of benzene rings is 1. The third-order valence-corrected chi connectivity index (χ3v) is 5.86. The Bertz CT molecular complexity index is 990. The molecule has 7 nitrogen and oxygen atoms in total. The molecule has 2 aromatic rings. The number of aromatic amines is 1. The molecule has 0 radical (unpaired) electrons. The molecule has 1 saturated heterocycles. The number of H-pyrrole nitrogens is 1. The van der Waals surface area contributed by atoms with E-state index in [1.54, 1.807) is 33.3 Å². The molecule has 0 atom stereocenters. The van der Waals surface area contributed by atoms with Crippen LogP contribution >= 0.6 is 12.2 Å². The first kappa shape index (κ1) is 21.1. The largest absolute Gasteiger partial charge is 0.497 e. The summed E-state index contributed by atoms with van der Waals surface area (Å²) in [6.07, 6.45) is 2.90. The van der Waals surface area contributed by atoms with Gasteiger partial charge in [-0.15, -0.1) is 0 Å². The lowest BCUT2D eigenvalue weighted by molar-refractivity contribution is -0.130. The van der Waals surface area contributed by atoms with Crippen LogP contribution in [0.5, 0.6) is 11.5 Å². The number of piperidine rings is 1. The highest BCUT2D eigenvalue weighted by atomic mass is 32.1. The van der Waals surface area contributed by atoms with E-state index in [2.05, 4.69) is 4.98 Å².